The van der Waals surface area contributed by atoms with E-state index in [-0.39, 0.29) is 0 Å². The van der Waals surface area contributed by atoms with Crippen molar-refractivity contribution in [3.63, 3.8) is 0 Å². The van der Waals surface area contributed by atoms with Crippen molar-refractivity contribution in [2.24, 2.45) is 23.7 Å². The molecule has 0 spiro atoms. The minimum absolute atomic E-state index is 0.855. The van der Waals surface area contributed by atoms with Gasteiger partial charge in [0.05, 0.1) is 0 Å². The molecule has 0 heteroatoms. The van der Waals surface area contributed by atoms with Crippen LogP contribution in [0.15, 0.2) is 12.2 Å². The predicted octanol–water partition coefficient (Wildman–Crippen LogP) is 4.27. The van der Waals surface area contributed by atoms with Gasteiger partial charge in [0.25, 0.3) is 0 Å². The SMILES string of the molecule is CC=CC1CC(C)CCC1C(C)C. The molecule has 76 valence electrons. The zero-order valence-electron chi connectivity index (χ0n) is 9.59. The molecule has 3 unspecified atom stereocenters. The van der Waals surface area contributed by atoms with Gasteiger partial charge in [-0.3, -0.25) is 0 Å². The normalized spacial score (nSPS) is 35.9. The van der Waals surface area contributed by atoms with Crippen LogP contribution in [0, 0.1) is 23.7 Å². The van der Waals surface area contributed by atoms with E-state index in [0.29, 0.717) is 0 Å². The molecule has 0 nitrogen and oxygen atoms in total. The number of allylic oxidation sites excluding steroid dienone is 2. The molecule has 0 N–H and O–H groups in total. The lowest BCUT2D eigenvalue weighted by atomic mass is 9.70. The summed E-state index contributed by atoms with van der Waals surface area (Å²) in [4.78, 5) is 0. The van der Waals surface area contributed by atoms with Crippen LogP contribution in [0.4, 0.5) is 0 Å². The molecule has 0 aromatic heterocycles. The van der Waals surface area contributed by atoms with Crippen LogP contribution in [0.25, 0.3) is 0 Å². The molecule has 0 aliphatic heterocycles. The van der Waals surface area contributed by atoms with E-state index >= 15 is 0 Å². The molecule has 1 fully saturated rings. The number of hydrogen-bond acceptors (Lipinski definition) is 0. The third-order valence-corrected chi connectivity index (χ3v) is 3.51. The Bertz CT molecular complexity index is 167. The molecule has 0 saturated heterocycles. The van der Waals surface area contributed by atoms with E-state index in [1.165, 1.54) is 19.3 Å². The first-order valence-corrected chi connectivity index (χ1v) is 5.78. The molecule has 0 radical (unpaired) electrons. The Hall–Kier alpha value is -0.260. The van der Waals surface area contributed by atoms with Crippen LogP contribution in [0.3, 0.4) is 0 Å². The lowest BCUT2D eigenvalue weighted by Crippen LogP contribution is -2.26. The van der Waals surface area contributed by atoms with Crippen LogP contribution in [-0.4, -0.2) is 0 Å². The van der Waals surface area contributed by atoms with E-state index < -0.39 is 0 Å². The first-order chi connectivity index (χ1) is 6.15. The van der Waals surface area contributed by atoms with Gasteiger partial charge in [0.15, 0.2) is 0 Å². The number of rotatable bonds is 2. The fourth-order valence-electron chi connectivity index (χ4n) is 2.74. The van der Waals surface area contributed by atoms with E-state index in [1.54, 1.807) is 0 Å². The standard InChI is InChI=1S/C13H24/c1-5-6-12-9-11(4)7-8-13(12)10(2)3/h5-6,10-13H,7-9H2,1-4H3. The van der Waals surface area contributed by atoms with Crippen molar-refractivity contribution in [1.82, 2.24) is 0 Å². The summed E-state index contributed by atoms with van der Waals surface area (Å²) < 4.78 is 0. The average molecular weight is 180 g/mol. The molecule has 1 saturated carbocycles. The van der Waals surface area contributed by atoms with Gasteiger partial charge in [0.1, 0.15) is 0 Å². The van der Waals surface area contributed by atoms with Gasteiger partial charge in [-0.2, -0.15) is 0 Å². The van der Waals surface area contributed by atoms with Crippen molar-refractivity contribution in [2.45, 2.75) is 47.0 Å². The van der Waals surface area contributed by atoms with Gasteiger partial charge in [-0.15, -0.1) is 0 Å². The first kappa shape index (κ1) is 10.8. The van der Waals surface area contributed by atoms with E-state index in [9.17, 15) is 0 Å². The molecule has 1 rings (SSSR count). The van der Waals surface area contributed by atoms with Gasteiger partial charge in [0.2, 0.25) is 0 Å². The van der Waals surface area contributed by atoms with Crippen molar-refractivity contribution in [3.05, 3.63) is 12.2 Å². The van der Waals surface area contributed by atoms with Gasteiger partial charge >= 0.3 is 0 Å². The highest BCUT2D eigenvalue weighted by Gasteiger charge is 2.28. The van der Waals surface area contributed by atoms with Gasteiger partial charge in [-0.1, -0.05) is 39.3 Å². The molecular weight excluding hydrogens is 156 g/mol. The van der Waals surface area contributed by atoms with Crippen LogP contribution in [0.2, 0.25) is 0 Å². The van der Waals surface area contributed by atoms with Gasteiger partial charge in [-0.05, 0) is 43.4 Å². The topological polar surface area (TPSA) is 0 Å². The third kappa shape index (κ3) is 2.86. The van der Waals surface area contributed by atoms with Gasteiger partial charge in [-0.25, -0.2) is 0 Å². The average Bonchev–Trinajstić information content (AvgIpc) is 2.04. The van der Waals surface area contributed by atoms with Crippen LogP contribution in [0.5, 0.6) is 0 Å². The fourth-order valence-corrected chi connectivity index (χ4v) is 2.74. The van der Waals surface area contributed by atoms with Gasteiger partial charge < -0.3 is 0 Å². The van der Waals surface area contributed by atoms with Crippen LogP contribution in [0.1, 0.15) is 47.0 Å². The van der Waals surface area contributed by atoms with Crippen molar-refractivity contribution < 1.29 is 0 Å². The summed E-state index contributed by atoms with van der Waals surface area (Å²) >= 11 is 0. The fraction of sp³-hybridized carbons (Fsp3) is 0.846. The predicted molar refractivity (Wildman–Crippen MR) is 59.6 cm³/mol. The maximum Gasteiger partial charge on any atom is -0.0200 e. The molecule has 0 amide bonds. The van der Waals surface area contributed by atoms with Crippen LogP contribution >= 0.6 is 0 Å². The quantitative estimate of drug-likeness (QED) is 0.557. The van der Waals surface area contributed by atoms with E-state index in [4.69, 9.17) is 0 Å². The van der Waals surface area contributed by atoms with Crippen molar-refractivity contribution in [1.29, 1.82) is 0 Å². The molecule has 0 aromatic carbocycles. The van der Waals surface area contributed by atoms with Crippen molar-refractivity contribution in [3.8, 4) is 0 Å². The summed E-state index contributed by atoms with van der Waals surface area (Å²) in [7, 11) is 0. The highest BCUT2D eigenvalue weighted by molar-refractivity contribution is 4.93. The molecule has 1 aliphatic carbocycles. The van der Waals surface area contributed by atoms with Crippen molar-refractivity contribution in [2.75, 3.05) is 0 Å². The monoisotopic (exact) mass is 180 g/mol. The molecular formula is C13H24. The Morgan fingerprint density at radius 1 is 1.23 bits per heavy atom. The molecule has 0 heterocycles. The summed E-state index contributed by atoms with van der Waals surface area (Å²) in [6.45, 7) is 9.29. The lowest BCUT2D eigenvalue weighted by Gasteiger charge is -2.35. The Morgan fingerprint density at radius 2 is 1.92 bits per heavy atom. The highest BCUT2D eigenvalue weighted by Crippen LogP contribution is 2.38. The second kappa shape index (κ2) is 4.83. The number of hydrogen-bond donors (Lipinski definition) is 0. The minimum atomic E-state index is 0.855. The Labute approximate surface area is 83.4 Å². The first-order valence-electron chi connectivity index (χ1n) is 5.78. The maximum absolute atomic E-state index is 2.43. The summed E-state index contributed by atoms with van der Waals surface area (Å²) in [6, 6.07) is 0. The van der Waals surface area contributed by atoms with E-state index in [1.807, 2.05) is 0 Å². The molecule has 1 aliphatic rings. The summed E-state index contributed by atoms with van der Waals surface area (Å²) in [5, 5.41) is 0. The second-order valence-corrected chi connectivity index (χ2v) is 5.02. The van der Waals surface area contributed by atoms with Crippen molar-refractivity contribution >= 4 is 0 Å². The Balaban J connectivity index is 2.60. The van der Waals surface area contributed by atoms with Crippen LogP contribution in [-0.2, 0) is 0 Å². The van der Waals surface area contributed by atoms with E-state index in [0.717, 1.165) is 23.7 Å². The summed E-state index contributed by atoms with van der Waals surface area (Å²) in [5.74, 6) is 3.59. The highest BCUT2D eigenvalue weighted by atomic mass is 14.3. The lowest BCUT2D eigenvalue weighted by molar-refractivity contribution is 0.178. The maximum atomic E-state index is 2.43. The minimum Gasteiger partial charge on any atom is -0.0914 e. The zero-order valence-corrected chi connectivity index (χ0v) is 9.59. The molecule has 0 bridgehead atoms. The molecule has 13 heavy (non-hydrogen) atoms. The Morgan fingerprint density at radius 3 is 2.46 bits per heavy atom. The van der Waals surface area contributed by atoms with Gasteiger partial charge in [0, 0.05) is 0 Å². The zero-order chi connectivity index (χ0) is 9.84. The summed E-state index contributed by atoms with van der Waals surface area (Å²) in [6.07, 6.45) is 8.95. The summed E-state index contributed by atoms with van der Waals surface area (Å²) in [5.41, 5.74) is 0. The smallest absolute Gasteiger partial charge is 0.0200 e. The Kier molecular flexibility index (Phi) is 4.02. The molecule has 3 atom stereocenters. The van der Waals surface area contributed by atoms with Crippen LogP contribution < -0.4 is 0 Å². The van der Waals surface area contributed by atoms with E-state index in [2.05, 4.69) is 39.8 Å². The largest absolute Gasteiger partial charge is 0.0914 e. The molecule has 0 aromatic rings. The second-order valence-electron chi connectivity index (χ2n) is 5.02. The third-order valence-electron chi connectivity index (χ3n) is 3.51.